The van der Waals surface area contributed by atoms with Gasteiger partial charge in [0.2, 0.25) is 10.0 Å². The Morgan fingerprint density at radius 3 is 2.89 bits per heavy atom. The molecule has 0 amide bonds. The molecule has 0 bridgehead atoms. The molecule has 100 valence electrons. The number of nitrogens with two attached hydrogens (primary N) is 1. The van der Waals surface area contributed by atoms with Gasteiger partial charge < -0.3 is 5.32 Å². The second-order valence-corrected chi connectivity index (χ2v) is 6.36. The first kappa shape index (κ1) is 13.5. The quantitative estimate of drug-likeness (QED) is 0.861. The van der Waals surface area contributed by atoms with E-state index in [0.29, 0.717) is 10.9 Å². The van der Waals surface area contributed by atoms with Gasteiger partial charge >= 0.3 is 0 Å². The van der Waals surface area contributed by atoms with Gasteiger partial charge in [-0.25, -0.2) is 13.6 Å². The van der Waals surface area contributed by atoms with Crippen LogP contribution in [0.1, 0.15) is 30.9 Å². The van der Waals surface area contributed by atoms with Crippen molar-refractivity contribution in [1.82, 2.24) is 5.32 Å². The molecule has 0 spiro atoms. The predicted molar refractivity (Wildman–Crippen MR) is 71.9 cm³/mol. The van der Waals surface area contributed by atoms with Crippen molar-refractivity contribution in [1.29, 1.82) is 0 Å². The molecule has 0 radical (unpaired) electrons. The van der Waals surface area contributed by atoms with Crippen LogP contribution in [0.15, 0.2) is 23.1 Å². The average Bonchev–Trinajstić information content (AvgIpc) is 2.34. The number of fused-ring (bicyclic) bond motifs is 1. The third kappa shape index (κ3) is 2.91. The van der Waals surface area contributed by atoms with Gasteiger partial charge in [0.15, 0.2) is 0 Å². The minimum Gasteiger partial charge on any atom is -0.314 e. The van der Waals surface area contributed by atoms with E-state index in [1.54, 1.807) is 12.1 Å². The van der Waals surface area contributed by atoms with Crippen LogP contribution in [0.4, 0.5) is 0 Å². The van der Waals surface area contributed by atoms with Crippen LogP contribution in [0.25, 0.3) is 0 Å². The first-order valence-corrected chi connectivity index (χ1v) is 7.94. The lowest BCUT2D eigenvalue weighted by Crippen LogP contribution is -2.36. The van der Waals surface area contributed by atoms with E-state index in [-0.39, 0.29) is 0 Å². The maximum atomic E-state index is 11.6. The van der Waals surface area contributed by atoms with Gasteiger partial charge in [0, 0.05) is 6.04 Å². The summed E-state index contributed by atoms with van der Waals surface area (Å²) in [4.78, 5) is 0.294. The van der Waals surface area contributed by atoms with E-state index in [0.717, 1.165) is 43.4 Å². The lowest BCUT2D eigenvalue weighted by atomic mass is 9.88. The second-order valence-electron chi connectivity index (χ2n) is 4.83. The summed E-state index contributed by atoms with van der Waals surface area (Å²) in [6, 6.07) is 5.75. The summed E-state index contributed by atoms with van der Waals surface area (Å²) in [5, 5.41) is 8.73. The van der Waals surface area contributed by atoms with Gasteiger partial charge in [-0.15, -0.1) is 0 Å². The topological polar surface area (TPSA) is 72.2 Å². The molecule has 1 aromatic rings. The highest BCUT2D eigenvalue weighted by Gasteiger charge is 2.24. The van der Waals surface area contributed by atoms with E-state index in [4.69, 9.17) is 5.14 Å². The summed E-state index contributed by atoms with van der Waals surface area (Å²) in [6.45, 7) is 3.09. The Morgan fingerprint density at radius 1 is 1.44 bits per heavy atom. The Morgan fingerprint density at radius 2 is 2.22 bits per heavy atom. The van der Waals surface area contributed by atoms with Crippen molar-refractivity contribution in [3.8, 4) is 0 Å². The van der Waals surface area contributed by atoms with Crippen molar-refractivity contribution < 1.29 is 8.42 Å². The highest BCUT2D eigenvalue weighted by Crippen LogP contribution is 2.26. The van der Waals surface area contributed by atoms with Gasteiger partial charge in [-0.3, -0.25) is 0 Å². The monoisotopic (exact) mass is 268 g/mol. The molecule has 0 fully saturated rings. The Balaban J connectivity index is 2.29. The van der Waals surface area contributed by atoms with Crippen LogP contribution in [-0.2, 0) is 22.9 Å². The van der Waals surface area contributed by atoms with E-state index in [1.165, 1.54) is 0 Å². The predicted octanol–water partition coefficient (Wildman–Crippen LogP) is 1.19. The summed E-state index contributed by atoms with van der Waals surface area (Å²) in [6.07, 6.45) is 3.81. The van der Waals surface area contributed by atoms with Crippen molar-refractivity contribution in [2.24, 2.45) is 5.14 Å². The first-order valence-electron chi connectivity index (χ1n) is 6.39. The van der Waals surface area contributed by atoms with Crippen LogP contribution >= 0.6 is 0 Å². The Hall–Kier alpha value is -0.910. The fourth-order valence-corrected chi connectivity index (χ4v) is 3.37. The smallest absolute Gasteiger partial charge is 0.238 e. The van der Waals surface area contributed by atoms with E-state index >= 15 is 0 Å². The molecule has 5 heteroatoms. The zero-order valence-corrected chi connectivity index (χ0v) is 11.5. The summed E-state index contributed by atoms with van der Waals surface area (Å²) >= 11 is 0. The summed E-state index contributed by atoms with van der Waals surface area (Å²) in [5.41, 5.74) is 2.02. The van der Waals surface area contributed by atoms with Crippen LogP contribution in [0.5, 0.6) is 0 Å². The number of primary sulfonamides is 1. The van der Waals surface area contributed by atoms with E-state index in [9.17, 15) is 8.42 Å². The molecule has 1 aromatic carbocycles. The Kier molecular flexibility index (Phi) is 4.04. The number of benzene rings is 1. The average molecular weight is 268 g/mol. The van der Waals surface area contributed by atoms with Crippen LogP contribution < -0.4 is 10.5 Å². The van der Waals surface area contributed by atoms with Crippen molar-refractivity contribution in [2.45, 2.75) is 43.5 Å². The lowest BCUT2D eigenvalue weighted by Gasteiger charge is -2.26. The van der Waals surface area contributed by atoms with Crippen molar-refractivity contribution in [3.63, 3.8) is 0 Å². The minimum atomic E-state index is -3.62. The summed E-state index contributed by atoms with van der Waals surface area (Å²) in [5.74, 6) is 0. The molecule has 2 rings (SSSR count). The molecule has 1 unspecified atom stereocenters. The molecule has 1 atom stereocenters. The number of hydrogen-bond acceptors (Lipinski definition) is 3. The van der Waals surface area contributed by atoms with Crippen molar-refractivity contribution in [3.05, 3.63) is 29.3 Å². The maximum Gasteiger partial charge on any atom is 0.238 e. The Bertz CT molecular complexity index is 526. The molecular formula is C13H20N2O2S. The van der Waals surface area contributed by atoms with E-state index in [1.807, 2.05) is 6.07 Å². The standard InChI is InChI=1S/C13H20N2O2S/c1-2-8-15-11-7-6-10-4-3-5-13(12(10)9-11)18(14,16)17/h3-5,11,15H,2,6-9H2,1H3,(H2,14,16,17). The molecule has 0 heterocycles. The minimum absolute atomic E-state index is 0.294. The van der Waals surface area contributed by atoms with Crippen LogP contribution in [0.3, 0.4) is 0 Å². The van der Waals surface area contributed by atoms with Gasteiger partial charge in [-0.1, -0.05) is 19.1 Å². The maximum absolute atomic E-state index is 11.6. The largest absolute Gasteiger partial charge is 0.314 e. The van der Waals surface area contributed by atoms with Crippen LogP contribution in [-0.4, -0.2) is 21.0 Å². The number of aryl methyl sites for hydroxylation is 1. The molecule has 0 saturated carbocycles. The highest BCUT2D eigenvalue weighted by molar-refractivity contribution is 7.89. The third-order valence-electron chi connectivity index (χ3n) is 3.43. The SMILES string of the molecule is CCCNC1CCc2cccc(S(N)(=O)=O)c2C1. The number of hydrogen-bond donors (Lipinski definition) is 2. The van der Waals surface area contributed by atoms with Gasteiger partial charge in [0.25, 0.3) is 0 Å². The number of sulfonamides is 1. The fourth-order valence-electron chi connectivity index (χ4n) is 2.54. The van der Waals surface area contributed by atoms with Crippen molar-refractivity contribution >= 4 is 10.0 Å². The van der Waals surface area contributed by atoms with E-state index in [2.05, 4.69) is 12.2 Å². The summed E-state index contributed by atoms with van der Waals surface area (Å²) in [7, 11) is -3.62. The molecule has 4 nitrogen and oxygen atoms in total. The van der Waals surface area contributed by atoms with Crippen LogP contribution in [0.2, 0.25) is 0 Å². The molecule has 18 heavy (non-hydrogen) atoms. The highest BCUT2D eigenvalue weighted by atomic mass is 32.2. The molecule has 1 aliphatic rings. The molecule has 0 saturated heterocycles. The van der Waals surface area contributed by atoms with Gasteiger partial charge in [-0.05, 0) is 49.4 Å². The van der Waals surface area contributed by atoms with Gasteiger partial charge in [-0.2, -0.15) is 0 Å². The summed E-state index contributed by atoms with van der Waals surface area (Å²) < 4.78 is 23.2. The fraction of sp³-hybridized carbons (Fsp3) is 0.538. The molecule has 1 aliphatic carbocycles. The van der Waals surface area contributed by atoms with E-state index < -0.39 is 10.0 Å². The molecule has 3 N–H and O–H groups in total. The molecular weight excluding hydrogens is 248 g/mol. The third-order valence-corrected chi connectivity index (χ3v) is 4.43. The second kappa shape index (κ2) is 5.38. The lowest BCUT2D eigenvalue weighted by molar-refractivity contribution is 0.455. The zero-order valence-electron chi connectivity index (χ0n) is 10.6. The number of rotatable bonds is 4. The normalized spacial score (nSPS) is 19.6. The molecule has 0 aromatic heterocycles. The van der Waals surface area contributed by atoms with Gasteiger partial charge in [0.05, 0.1) is 4.90 Å². The van der Waals surface area contributed by atoms with Crippen LogP contribution in [0, 0.1) is 0 Å². The number of nitrogens with one attached hydrogen (secondary N) is 1. The zero-order chi connectivity index (χ0) is 13.2. The first-order chi connectivity index (χ1) is 8.52. The van der Waals surface area contributed by atoms with Gasteiger partial charge in [0.1, 0.15) is 0 Å². The Labute approximate surface area is 109 Å². The van der Waals surface area contributed by atoms with Crippen molar-refractivity contribution in [2.75, 3.05) is 6.54 Å². The molecule has 0 aliphatic heterocycles.